The van der Waals surface area contributed by atoms with Gasteiger partial charge in [-0.3, -0.25) is 9.59 Å². The summed E-state index contributed by atoms with van der Waals surface area (Å²) in [5.41, 5.74) is 0. The zero-order valence-corrected chi connectivity index (χ0v) is 13.9. The molecule has 0 radical (unpaired) electrons. The number of ether oxygens (including phenoxy) is 1. The van der Waals surface area contributed by atoms with Crippen molar-refractivity contribution in [3.05, 3.63) is 22.4 Å². The molecule has 0 spiro atoms. The van der Waals surface area contributed by atoms with Gasteiger partial charge in [0.25, 0.3) is 0 Å². The summed E-state index contributed by atoms with van der Waals surface area (Å²) in [6.07, 6.45) is -0.0504. The molecule has 126 valence electrons. The molecule has 7 nitrogen and oxygen atoms in total. The number of hydrogen-bond donors (Lipinski definition) is 1. The second-order valence-corrected chi connectivity index (χ2v) is 6.13. The predicted octanol–water partition coefficient (Wildman–Crippen LogP) is 0.708. The van der Waals surface area contributed by atoms with E-state index in [1.165, 1.54) is 11.3 Å². The Labute approximate surface area is 139 Å². The molecule has 2 rings (SSSR count). The summed E-state index contributed by atoms with van der Waals surface area (Å²) >= 11 is 1.51. The molecule has 1 fully saturated rings. The van der Waals surface area contributed by atoms with E-state index in [2.05, 4.69) is 5.32 Å². The lowest BCUT2D eigenvalue weighted by Gasteiger charge is -2.34. The van der Waals surface area contributed by atoms with Crippen LogP contribution in [0.15, 0.2) is 17.5 Å². The fourth-order valence-corrected chi connectivity index (χ4v) is 2.98. The number of nitrogens with zero attached hydrogens (tertiary/aromatic N) is 2. The Morgan fingerprint density at radius 2 is 1.91 bits per heavy atom. The standard InChI is InChI=1S/C15H21N3O4S/c1-2-22-15(21)18-7-5-17(6-8-18)14(20)11-16-13(19)10-12-4-3-9-23-12/h3-4,9H,2,5-8,10-11H2,1H3,(H,16,19). The number of nitrogens with one attached hydrogen (secondary N) is 1. The van der Waals surface area contributed by atoms with E-state index in [1.807, 2.05) is 17.5 Å². The molecule has 0 atom stereocenters. The minimum Gasteiger partial charge on any atom is -0.450 e. The van der Waals surface area contributed by atoms with Crippen molar-refractivity contribution in [1.29, 1.82) is 0 Å². The highest BCUT2D eigenvalue weighted by atomic mass is 32.1. The first-order chi connectivity index (χ1) is 11.1. The van der Waals surface area contributed by atoms with Crippen LogP contribution >= 0.6 is 11.3 Å². The lowest BCUT2D eigenvalue weighted by molar-refractivity contribution is -0.134. The third kappa shape index (κ3) is 5.24. The maximum Gasteiger partial charge on any atom is 0.409 e. The lowest BCUT2D eigenvalue weighted by atomic mass is 10.3. The monoisotopic (exact) mass is 339 g/mol. The predicted molar refractivity (Wildman–Crippen MR) is 86.2 cm³/mol. The molecule has 8 heteroatoms. The molecule has 1 aliphatic heterocycles. The van der Waals surface area contributed by atoms with Crippen molar-refractivity contribution in [3.63, 3.8) is 0 Å². The van der Waals surface area contributed by atoms with Gasteiger partial charge in [-0.05, 0) is 18.4 Å². The average molecular weight is 339 g/mol. The summed E-state index contributed by atoms with van der Waals surface area (Å²) in [6, 6.07) is 3.78. The van der Waals surface area contributed by atoms with E-state index in [0.717, 1.165) is 4.88 Å². The molecule has 23 heavy (non-hydrogen) atoms. The van der Waals surface area contributed by atoms with Gasteiger partial charge in [0, 0.05) is 31.1 Å². The number of carbonyl (C=O) groups excluding carboxylic acids is 3. The van der Waals surface area contributed by atoms with E-state index >= 15 is 0 Å². The number of thiophene rings is 1. The third-order valence-corrected chi connectivity index (χ3v) is 4.39. The lowest BCUT2D eigenvalue weighted by Crippen LogP contribution is -2.52. The molecule has 1 aliphatic rings. The fraction of sp³-hybridized carbons (Fsp3) is 0.533. The van der Waals surface area contributed by atoms with Gasteiger partial charge in [0.05, 0.1) is 19.6 Å². The SMILES string of the molecule is CCOC(=O)N1CCN(C(=O)CNC(=O)Cc2cccs2)CC1. The Kier molecular flexibility index (Phi) is 6.40. The van der Waals surface area contributed by atoms with Crippen LogP contribution in [0.25, 0.3) is 0 Å². The Balaban J connectivity index is 1.68. The van der Waals surface area contributed by atoms with Crippen molar-refractivity contribution < 1.29 is 19.1 Å². The number of piperazine rings is 1. The van der Waals surface area contributed by atoms with Crippen LogP contribution in [0.2, 0.25) is 0 Å². The molecule has 1 aromatic heterocycles. The highest BCUT2D eigenvalue weighted by Gasteiger charge is 2.24. The van der Waals surface area contributed by atoms with Crippen LogP contribution in [0.1, 0.15) is 11.8 Å². The van der Waals surface area contributed by atoms with E-state index < -0.39 is 0 Å². The van der Waals surface area contributed by atoms with Crippen LogP contribution in [0, 0.1) is 0 Å². The largest absolute Gasteiger partial charge is 0.450 e. The summed E-state index contributed by atoms with van der Waals surface area (Å²) in [7, 11) is 0. The molecule has 3 amide bonds. The Bertz CT molecular complexity index is 539. The Hall–Kier alpha value is -2.09. The van der Waals surface area contributed by atoms with Crippen LogP contribution < -0.4 is 5.32 Å². The van der Waals surface area contributed by atoms with Crippen molar-refractivity contribution in [2.45, 2.75) is 13.3 Å². The van der Waals surface area contributed by atoms with Crippen molar-refractivity contribution in [2.24, 2.45) is 0 Å². The van der Waals surface area contributed by atoms with E-state index in [-0.39, 0.29) is 24.5 Å². The van der Waals surface area contributed by atoms with Crippen molar-refractivity contribution in [3.8, 4) is 0 Å². The molecular formula is C15H21N3O4S. The van der Waals surface area contributed by atoms with Gasteiger partial charge in [0.15, 0.2) is 0 Å². The number of carbonyl (C=O) groups is 3. The van der Waals surface area contributed by atoms with Crippen LogP contribution in [0.3, 0.4) is 0 Å². The number of hydrogen-bond acceptors (Lipinski definition) is 5. The van der Waals surface area contributed by atoms with E-state index in [4.69, 9.17) is 4.74 Å². The fourth-order valence-electron chi connectivity index (χ4n) is 2.27. The second-order valence-electron chi connectivity index (χ2n) is 5.10. The average Bonchev–Trinajstić information content (AvgIpc) is 3.06. The normalized spacial score (nSPS) is 14.5. The second kappa shape index (κ2) is 8.52. The summed E-state index contributed by atoms with van der Waals surface area (Å²) < 4.78 is 4.93. The Morgan fingerprint density at radius 1 is 1.22 bits per heavy atom. The molecule has 0 saturated carbocycles. The van der Waals surface area contributed by atoms with Gasteiger partial charge in [-0.2, -0.15) is 0 Å². The molecular weight excluding hydrogens is 318 g/mol. The van der Waals surface area contributed by atoms with Gasteiger partial charge < -0.3 is 19.9 Å². The zero-order chi connectivity index (χ0) is 16.7. The molecule has 0 bridgehead atoms. The van der Waals surface area contributed by atoms with Crippen LogP contribution in [0.4, 0.5) is 4.79 Å². The highest BCUT2D eigenvalue weighted by Crippen LogP contribution is 2.09. The zero-order valence-electron chi connectivity index (χ0n) is 13.1. The highest BCUT2D eigenvalue weighted by molar-refractivity contribution is 7.10. The molecule has 0 aliphatic carbocycles. The van der Waals surface area contributed by atoms with Gasteiger partial charge in [-0.15, -0.1) is 11.3 Å². The maximum absolute atomic E-state index is 12.1. The van der Waals surface area contributed by atoms with Crippen molar-refractivity contribution in [1.82, 2.24) is 15.1 Å². The maximum atomic E-state index is 12.1. The van der Waals surface area contributed by atoms with Crippen LogP contribution in [-0.2, 0) is 20.7 Å². The first kappa shape index (κ1) is 17.3. The summed E-state index contributed by atoms with van der Waals surface area (Å²) in [5.74, 6) is -0.293. The first-order valence-corrected chi connectivity index (χ1v) is 8.46. The van der Waals surface area contributed by atoms with Gasteiger partial charge in [-0.25, -0.2) is 4.79 Å². The number of rotatable bonds is 5. The summed E-state index contributed by atoms with van der Waals surface area (Å²) in [6.45, 7) is 3.91. The molecule has 1 aromatic rings. The smallest absolute Gasteiger partial charge is 0.409 e. The third-order valence-electron chi connectivity index (χ3n) is 3.51. The minimum atomic E-state index is -0.344. The topological polar surface area (TPSA) is 79.0 Å². The number of amides is 3. The van der Waals surface area contributed by atoms with Gasteiger partial charge in [0.1, 0.15) is 0 Å². The minimum absolute atomic E-state index is 0.0103. The molecule has 1 N–H and O–H groups in total. The molecule has 0 aromatic carbocycles. The van der Waals surface area contributed by atoms with Gasteiger partial charge >= 0.3 is 6.09 Å². The van der Waals surface area contributed by atoms with Crippen LogP contribution in [0.5, 0.6) is 0 Å². The quantitative estimate of drug-likeness (QED) is 0.857. The van der Waals surface area contributed by atoms with Crippen molar-refractivity contribution in [2.75, 3.05) is 39.3 Å². The summed E-state index contributed by atoms with van der Waals surface area (Å²) in [5, 5.41) is 4.56. The van der Waals surface area contributed by atoms with Crippen LogP contribution in [-0.4, -0.2) is 67.0 Å². The summed E-state index contributed by atoms with van der Waals surface area (Å²) in [4.78, 5) is 39.6. The van der Waals surface area contributed by atoms with Gasteiger partial charge in [0.2, 0.25) is 11.8 Å². The Morgan fingerprint density at radius 3 is 2.52 bits per heavy atom. The first-order valence-electron chi connectivity index (χ1n) is 7.58. The molecule has 2 heterocycles. The van der Waals surface area contributed by atoms with E-state index in [9.17, 15) is 14.4 Å². The molecule has 0 unspecified atom stereocenters. The van der Waals surface area contributed by atoms with E-state index in [0.29, 0.717) is 39.2 Å². The van der Waals surface area contributed by atoms with Crippen molar-refractivity contribution >= 4 is 29.2 Å². The van der Waals surface area contributed by atoms with E-state index in [1.54, 1.807) is 16.7 Å². The molecule has 1 saturated heterocycles. The van der Waals surface area contributed by atoms with Gasteiger partial charge in [-0.1, -0.05) is 6.07 Å².